The van der Waals surface area contributed by atoms with E-state index in [1.807, 2.05) is 0 Å². The number of anilines is 1. The molecule has 1 N–H and O–H groups in total. The van der Waals surface area contributed by atoms with Crippen molar-refractivity contribution in [2.75, 3.05) is 32.6 Å². The number of benzene rings is 2. The number of carbonyl (C=O) groups is 1. The smallest absolute Gasteiger partial charge is 0.246 e. The largest absolute Gasteiger partial charge is 0.497 e. The Hall–Kier alpha value is -2.17. The monoisotopic (exact) mass is 500 g/mol. The zero-order valence-electron chi connectivity index (χ0n) is 16.5. The quantitative estimate of drug-likeness (QED) is 0.654. The first kappa shape index (κ1) is 22.5. The molecule has 1 aliphatic heterocycles. The van der Waals surface area contributed by atoms with Crippen LogP contribution in [0.1, 0.15) is 12.8 Å². The van der Waals surface area contributed by atoms with E-state index in [4.69, 9.17) is 9.47 Å². The molecule has 2 aromatic rings. The molecule has 0 spiro atoms. The van der Waals surface area contributed by atoms with Crippen molar-refractivity contribution in [3.63, 3.8) is 0 Å². The van der Waals surface area contributed by atoms with E-state index in [9.17, 15) is 17.6 Å². The fraction of sp³-hybridized carbons (Fsp3) is 0.350. The maximum absolute atomic E-state index is 14.0. The minimum atomic E-state index is -3.92. The van der Waals surface area contributed by atoms with E-state index in [0.29, 0.717) is 23.1 Å². The highest BCUT2D eigenvalue weighted by atomic mass is 79.9. The van der Waals surface area contributed by atoms with Crippen LogP contribution in [-0.2, 0) is 14.8 Å². The zero-order chi connectivity index (χ0) is 21.9. The molecule has 30 heavy (non-hydrogen) atoms. The van der Waals surface area contributed by atoms with Gasteiger partial charge in [0.1, 0.15) is 22.2 Å². The second-order valence-corrected chi connectivity index (χ2v) is 9.65. The van der Waals surface area contributed by atoms with Gasteiger partial charge in [-0.1, -0.05) is 15.9 Å². The molecule has 0 radical (unpaired) electrons. The molecule has 0 aromatic heterocycles. The molecule has 1 heterocycles. The normalized spacial score (nSPS) is 17.4. The summed E-state index contributed by atoms with van der Waals surface area (Å²) < 4.78 is 52.7. The second-order valence-electron chi connectivity index (χ2n) is 6.83. The van der Waals surface area contributed by atoms with Crippen molar-refractivity contribution >= 4 is 37.5 Å². The molecule has 10 heteroatoms. The van der Waals surface area contributed by atoms with E-state index < -0.39 is 27.7 Å². The summed E-state index contributed by atoms with van der Waals surface area (Å²) in [6, 6.07) is 8.85. The summed E-state index contributed by atoms with van der Waals surface area (Å²) in [6.07, 6.45) is 1.01. The van der Waals surface area contributed by atoms with Crippen LogP contribution in [0.15, 0.2) is 45.8 Å². The van der Waals surface area contributed by atoms with Crippen LogP contribution in [-0.4, -0.2) is 45.9 Å². The summed E-state index contributed by atoms with van der Waals surface area (Å²) in [5.41, 5.74) is 0.0534. The molecule has 1 saturated heterocycles. The topological polar surface area (TPSA) is 84.9 Å². The van der Waals surface area contributed by atoms with Gasteiger partial charge in [0, 0.05) is 23.6 Å². The highest BCUT2D eigenvalue weighted by molar-refractivity contribution is 9.10. The number of carbonyl (C=O) groups excluding carboxylic acids is 1. The summed E-state index contributed by atoms with van der Waals surface area (Å²) in [6.45, 7) is 0.270. The fourth-order valence-electron chi connectivity index (χ4n) is 3.33. The van der Waals surface area contributed by atoms with Crippen LogP contribution in [0.3, 0.4) is 0 Å². The van der Waals surface area contributed by atoms with Gasteiger partial charge in [0.15, 0.2) is 0 Å². The Morgan fingerprint density at radius 1 is 1.20 bits per heavy atom. The molecule has 1 aliphatic rings. The number of hydrogen-bond acceptors (Lipinski definition) is 5. The maximum Gasteiger partial charge on any atom is 0.246 e. The molecular weight excluding hydrogens is 479 g/mol. The number of piperidine rings is 1. The van der Waals surface area contributed by atoms with Crippen molar-refractivity contribution in [2.24, 2.45) is 5.92 Å². The van der Waals surface area contributed by atoms with Gasteiger partial charge in [-0.25, -0.2) is 12.8 Å². The lowest BCUT2D eigenvalue weighted by molar-refractivity contribution is -0.120. The number of rotatable bonds is 6. The van der Waals surface area contributed by atoms with Crippen molar-refractivity contribution in [3.8, 4) is 11.5 Å². The summed E-state index contributed by atoms with van der Waals surface area (Å²) >= 11 is 3.17. The molecule has 1 amide bonds. The number of nitrogens with zero attached hydrogens (tertiary/aromatic N) is 1. The number of hydrogen-bond donors (Lipinski definition) is 1. The minimum Gasteiger partial charge on any atom is -0.497 e. The molecule has 0 bridgehead atoms. The molecular formula is C20H22BrFN2O5S. The van der Waals surface area contributed by atoms with Gasteiger partial charge in [0.25, 0.3) is 0 Å². The SMILES string of the molecule is COc1ccc(OC)c(S(=O)(=O)N2CCC[C@H](C(=O)Nc3ccc(Br)cc3F)C2)c1. The van der Waals surface area contributed by atoms with Gasteiger partial charge < -0.3 is 14.8 Å². The predicted molar refractivity (Wildman–Crippen MR) is 114 cm³/mol. The first-order valence-electron chi connectivity index (χ1n) is 9.24. The molecule has 3 rings (SSSR count). The average molecular weight is 501 g/mol. The fourth-order valence-corrected chi connectivity index (χ4v) is 5.35. The highest BCUT2D eigenvalue weighted by Gasteiger charge is 2.35. The molecule has 2 aromatic carbocycles. The van der Waals surface area contributed by atoms with Gasteiger partial charge >= 0.3 is 0 Å². The van der Waals surface area contributed by atoms with E-state index >= 15 is 0 Å². The molecule has 0 aliphatic carbocycles. The Kier molecular flexibility index (Phi) is 6.99. The van der Waals surface area contributed by atoms with Gasteiger partial charge in [-0.15, -0.1) is 0 Å². The van der Waals surface area contributed by atoms with Crippen molar-refractivity contribution in [3.05, 3.63) is 46.7 Å². The van der Waals surface area contributed by atoms with Crippen LogP contribution in [0.2, 0.25) is 0 Å². The van der Waals surface area contributed by atoms with Gasteiger partial charge in [-0.3, -0.25) is 4.79 Å². The van der Waals surface area contributed by atoms with Crippen molar-refractivity contribution in [1.29, 1.82) is 0 Å². The lowest BCUT2D eigenvalue weighted by atomic mass is 9.98. The average Bonchev–Trinajstić information content (AvgIpc) is 2.75. The van der Waals surface area contributed by atoms with E-state index in [1.54, 1.807) is 12.1 Å². The Morgan fingerprint density at radius 3 is 2.63 bits per heavy atom. The number of nitrogens with one attached hydrogen (secondary N) is 1. The van der Waals surface area contributed by atoms with Gasteiger partial charge in [-0.05, 0) is 43.2 Å². The number of amides is 1. The molecule has 7 nitrogen and oxygen atoms in total. The summed E-state index contributed by atoms with van der Waals surface area (Å²) in [5.74, 6) is -1.02. The second kappa shape index (κ2) is 9.32. The van der Waals surface area contributed by atoms with Gasteiger partial charge in [-0.2, -0.15) is 4.31 Å². The van der Waals surface area contributed by atoms with E-state index in [-0.39, 0.29) is 29.4 Å². The third-order valence-electron chi connectivity index (χ3n) is 4.93. The predicted octanol–water partition coefficient (Wildman–Crippen LogP) is 3.64. The number of halogens is 2. The molecule has 0 saturated carbocycles. The van der Waals surface area contributed by atoms with E-state index in [1.165, 1.54) is 42.8 Å². The summed E-state index contributed by atoms with van der Waals surface area (Å²) in [4.78, 5) is 12.7. The Bertz CT molecular complexity index is 1050. The number of sulfonamides is 1. The third kappa shape index (κ3) is 4.76. The Labute approximate surface area is 183 Å². The molecule has 1 atom stereocenters. The van der Waals surface area contributed by atoms with E-state index in [0.717, 1.165) is 0 Å². The van der Waals surface area contributed by atoms with Gasteiger partial charge in [0.2, 0.25) is 15.9 Å². The van der Waals surface area contributed by atoms with Crippen molar-refractivity contribution < 1.29 is 27.1 Å². The van der Waals surface area contributed by atoms with Crippen LogP contribution in [0, 0.1) is 11.7 Å². The number of ether oxygens (including phenoxy) is 2. The van der Waals surface area contributed by atoms with Crippen LogP contribution in [0.4, 0.5) is 10.1 Å². The maximum atomic E-state index is 14.0. The summed E-state index contributed by atoms with van der Waals surface area (Å²) in [5, 5.41) is 2.56. The van der Waals surface area contributed by atoms with Crippen LogP contribution >= 0.6 is 15.9 Å². The minimum absolute atomic E-state index is 0.00726. The summed E-state index contributed by atoms with van der Waals surface area (Å²) in [7, 11) is -1.09. The zero-order valence-corrected chi connectivity index (χ0v) is 18.9. The van der Waals surface area contributed by atoms with Crippen molar-refractivity contribution in [1.82, 2.24) is 4.31 Å². The highest BCUT2D eigenvalue weighted by Crippen LogP contribution is 2.33. The first-order valence-corrected chi connectivity index (χ1v) is 11.5. The van der Waals surface area contributed by atoms with Crippen LogP contribution < -0.4 is 14.8 Å². The first-order chi connectivity index (χ1) is 14.3. The third-order valence-corrected chi connectivity index (χ3v) is 7.31. The Balaban J connectivity index is 1.80. The van der Waals surface area contributed by atoms with Crippen LogP contribution in [0.5, 0.6) is 11.5 Å². The Morgan fingerprint density at radius 2 is 1.97 bits per heavy atom. The molecule has 1 fully saturated rings. The lowest BCUT2D eigenvalue weighted by Gasteiger charge is -2.31. The standard InChI is InChI=1S/C20H22BrFN2O5S/c1-28-15-6-8-18(29-2)19(11-15)30(26,27)24-9-3-4-13(12-24)20(25)23-17-7-5-14(21)10-16(17)22/h5-8,10-11,13H,3-4,9,12H2,1-2H3,(H,23,25)/t13-/m0/s1. The van der Waals surface area contributed by atoms with Crippen LogP contribution in [0.25, 0.3) is 0 Å². The van der Waals surface area contributed by atoms with Gasteiger partial charge in [0.05, 0.1) is 25.8 Å². The number of methoxy groups -OCH3 is 2. The van der Waals surface area contributed by atoms with E-state index in [2.05, 4.69) is 21.2 Å². The molecule has 162 valence electrons. The van der Waals surface area contributed by atoms with Crippen molar-refractivity contribution in [2.45, 2.75) is 17.7 Å². The molecule has 0 unspecified atom stereocenters. The lowest BCUT2D eigenvalue weighted by Crippen LogP contribution is -2.43.